The third-order valence-electron chi connectivity index (χ3n) is 4.72. The Balaban J connectivity index is 2.19. The lowest BCUT2D eigenvalue weighted by Crippen LogP contribution is -2.36. The Morgan fingerprint density at radius 1 is 1.19 bits per heavy atom. The molecule has 1 saturated carbocycles. The number of rotatable bonds is 4. The Bertz CT molecular complexity index is 881. The number of Topliss-reactive ketones (excluding diaryl/α,β-unsaturated/α-hetero) is 1. The maximum atomic E-state index is 12.9. The van der Waals surface area contributed by atoms with Crippen LogP contribution in [0.3, 0.4) is 0 Å². The molecule has 26 heavy (non-hydrogen) atoms. The zero-order valence-corrected chi connectivity index (χ0v) is 14.5. The van der Waals surface area contributed by atoms with Gasteiger partial charge in [0.15, 0.2) is 11.2 Å². The molecule has 1 aliphatic rings. The standard InChI is InChI=1S/C22H19NO3/c1-2-26-21(25)22(15-23)18(17-11-7-4-8-12-17)14-20(24)19(22)13-16-9-5-3-6-10-16/h3-13,18H,2,14H2,1H3/b19-13-. The Morgan fingerprint density at radius 2 is 1.81 bits per heavy atom. The number of carbonyl (C=O) groups excluding carboxylic acids is 2. The molecule has 2 aromatic rings. The second-order valence-electron chi connectivity index (χ2n) is 6.20. The molecule has 0 spiro atoms. The lowest BCUT2D eigenvalue weighted by molar-refractivity contribution is -0.150. The molecule has 130 valence electrons. The van der Waals surface area contributed by atoms with Crippen molar-refractivity contribution < 1.29 is 14.3 Å². The molecule has 0 aliphatic heterocycles. The monoisotopic (exact) mass is 345 g/mol. The molecule has 0 saturated heterocycles. The van der Waals surface area contributed by atoms with Gasteiger partial charge in [0.1, 0.15) is 0 Å². The van der Waals surface area contributed by atoms with Crippen LogP contribution in [0.2, 0.25) is 0 Å². The summed E-state index contributed by atoms with van der Waals surface area (Å²) < 4.78 is 5.23. The number of benzene rings is 2. The zero-order valence-electron chi connectivity index (χ0n) is 14.5. The summed E-state index contributed by atoms with van der Waals surface area (Å²) in [7, 11) is 0. The maximum Gasteiger partial charge on any atom is 0.331 e. The van der Waals surface area contributed by atoms with E-state index in [0.29, 0.717) is 0 Å². The molecule has 0 bridgehead atoms. The molecule has 0 radical (unpaired) electrons. The molecule has 0 amide bonds. The highest BCUT2D eigenvalue weighted by Gasteiger charge is 2.58. The van der Waals surface area contributed by atoms with Crippen LogP contribution in [-0.2, 0) is 14.3 Å². The Hall–Kier alpha value is -3.19. The van der Waals surface area contributed by atoms with Gasteiger partial charge in [-0.3, -0.25) is 4.79 Å². The number of esters is 1. The topological polar surface area (TPSA) is 67.2 Å². The van der Waals surface area contributed by atoms with Gasteiger partial charge in [-0.15, -0.1) is 0 Å². The average Bonchev–Trinajstić information content (AvgIpc) is 2.96. The molecule has 0 aromatic heterocycles. The highest BCUT2D eigenvalue weighted by Crippen LogP contribution is 2.52. The fraction of sp³-hybridized carbons (Fsp3) is 0.227. The zero-order chi connectivity index (χ0) is 18.6. The summed E-state index contributed by atoms with van der Waals surface area (Å²) in [4.78, 5) is 25.7. The minimum atomic E-state index is -1.63. The van der Waals surface area contributed by atoms with Crippen molar-refractivity contribution in [1.29, 1.82) is 5.26 Å². The predicted molar refractivity (Wildman–Crippen MR) is 97.9 cm³/mol. The van der Waals surface area contributed by atoms with Crippen LogP contribution < -0.4 is 0 Å². The number of ether oxygens (including phenoxy) is 1. The van der Waals surface area contributed by atoms with Gasteiger partial charge in [-0.25, -0.2) is 4.79 Å². The second kappa shape index (κ2) is 7.37. The van der Waals surface area contributed by atoms with Gasteiger partial charge in [-0.05, 0) is 24.1 Å². The SMILES string of the molecule is CCOC(=O)C1(C#N)/C(=C\c2ccccc2)C(=O)CC1c1ccccc1. The molecule has 2 aromatic carbocycles. The largest absolute Gasteiger partial charge is 0.465 e. The number of hydrogen-bond acceptors (Lipinski definition) is 4. The van der Waals surface area contributed by atoms with E-state index in [1.54, 1.807) is 13.0 Å². The van der Waals surface area contributed by atoms with Gasteiger partial charge in [0.05, 0.1) is 12.7 Å². The molecule has 2 unspecified atom stereocenters. The number of hydrogen-bond donors (Lipinski definition) is 0. The summed E-state index contributed by atoms with van der Waals surface area (Å²) in [6, 6.07) is 20.6. The van der Waals surface area contributed by atoms with Gasteiger partial charge < -0.3 is 4.74 Å². The number of carbonyl (C=O) groups is 2. The summed E-state index contributed by atoms with van der Waals surface area (Å²) in [6.45, 7) is 1.84. The van der Waals surface area contributed by atoms with Gasteiger partial charge in [0, 0.05) is 17.9 Å². The van der Waals surface area contributed by atoms with E-state index >= 15 is 0 Å². The number of nitriles is 1. The molecule has 0 N–H and O–H groups in total. The highest BCUT2D eigenvalue weighted by atomic mass is 16.5. The van der Waals surface area contributed by atoms with Crippen molar-refractivity contribution in [3.8, 4) is 6.07 Å². The van der Waals surface area contributed by atoms with Crippen molar-refractivity contribution in [3.63, 3.8) is 0 Å². The van der Waals surface area contributed by atoms with Gasteiger partial charge in [-0.2, -0.15) is 5.26 Å². The van der Waals surface area contributed by atoms with Crippen molar-refractivity contribution in [2.24, 2.45) is 5.41 Å². The second-order valence-corrected chi connectivity index (χ2v) is 6.20. The van der Waals surface area contributed by atoms with Crippen LogP contribution in [0.25, 0.3) is 6.08 Å². The Kier molecular flexibility index (Phi) is 4.99. The third kappa shape index (κ3) is 2.93. The van der Waals surface area contributed by atoms with E-state index in [1.807, 2.05) is 60.7 Å². The van der Waals surface area contributed by atoms with Crippen molar-refractivity contribution in [1.82, 2.24) is 0 Å². The van der Waals surface area contributed by atoms with Crippen LogP contribution >= 0.6 is 0 Å². The van der Waals surface area contributed by atoms with Gasteiger partial charge in [0.25, 0.3) is 0 Å². The molecule has 3 rings (SSSR count). The fourth-order valence-electron chi connectivity index (χ4n) is 3.50. The van der Waals surface area contributed by atoms with Crippen LogP contribution in [0.1, 0.15) is 30.4 Å². The van der Waals surface area contributed by atoms with Crippen LogP contribution in [0.15, 0.2) is 66.2 Å². The summed E-state index contributed by atoms with van der Waals surface area (Å²) >= 11 is 0. The Morgan fingerprint density at radius 3 is 2.38 bits per heavy atom. The minimum Gasteiger partial charge on any atom is -0.465 e. The van der Waals surface area contributed by atoms with Crippen molar-refractivity contribution in [2.75, 3.05) is 6.61 Å². The first-order chi connectivity index (χ1) is 12.6. The van der Waals surface area contributed by atoms with E-state index < -0.39 is 17.3 Å². The van der Waals surface area contributed by atoms with E-state index in [1.165, 1.54) is 0 Å². The summed E-state index contributed by atoms with van der Waals surface area (Å²) in [6.07, 6.45) is 1.75. The van der Waals surface area contributed by atoms with E-state index in [4.69, 9.17) is 4.74 Å². The van der Waals surface area contributed by atoms with Crippen molar-refractivity contribution in [2.45, 2.75) is 19.3 Å². The predicted octanol–water partition coefficient (Wildman–Crippen LogP) is 3.90. The third-order valence-corrected chi connectivity index (χ3v) is 4.72. The first kappa shape index (κ1) is 17.6. The van der Waals surface area contributed by atoms with E-state index in [-0.39, 0.29) is 24.4 Å². The number of ketones is 1. The lowest BCUT2D eigenvalue weighted by Gasteiger charge is -2.27. The molecule has 4 nitrogen and oxygen atoms in total. The molecular formula is C22H19NO3. The Labute approximate surface area is 152 Å². The summed E-state index contributed by atoms with van der Waals surface area (Å²) in [5, 5.41) is 10.1. The van der Waals surface area contributed by atoms with Crippen LogP contribution in [0.4, 0.5) is 0 Å². The first-order valence-corrected chi connectivity index (χ1v) is 8.57. The average molecular weight is 345 g/mol. The quantitative estimate of drug-likeness (QED) is 0.622. The normalized spacial score (nSPS) is 23.6. The van der Waals surface area contributed by atoms with Gasteiger partial charge in [-0.1, -0.05) is 60.7 Å². The highest BCUT2D eigenvalue weighted by molar-refractivity contribution is 6.12. The molecule has 2 atom stereocenters. The summed E-state index contributed by atoms with van der Waals surface area (Å²) in [5.74, 6) is -1.42. The maximum absolute atomic E-state index is 12.9. The van der Waals surface area contributed by atoms with E-state index in [0.717, 1.165) is 11.1 Å². The van der Waals surface area contributed by atoms with Gasteiger partial charge >= 0.3 is 5.97 Å². The van der Waals surface area contributed by atoms with Gasteiger partial charge in [0.2, 0.25) is 0 Å². The first-order valence-electron chi connectivity index (χ1n) is 8.57. The molecule has 0 heterocycles. The molecular weight excluding hydrogens is 326 g/mol. The number of nitrogens with zero attached hydrogens (tertiary/aromatic N) is 1. The van der Waals surface area contributed by atoms with Crippen LogP contribution in [-0.4, -0.2) is 18.4 Å². The van der Waals surface area contributed by atoms with Crippen molar-refractivity contribution in [3.05, 3.63) is 77.4 Å². The van der Waals surface area contributed by atoms with Crippen LogP contribution in [0, 0.1) is 16.7 Å². The lowest BCUT2D eigenvalue weighted by atomic mass is 9.73. The smallest absolute Gasteiger partial charge is 0.331 e. The molecule has 1 fully saturated rings. The van der Waals surface area contributed by atoms with Crippen molar-refractivity contribution >= 4 is 17.8 Å². The van der Waals surface area contributed by atoms with E-state index in [2.05, 4.69) is 6.07 Å². The molecule has 4 heteroatoms. The fourth-order valence-corrected chi connectivity index (χ4v) is 3.50. The van der Waals surface area contributed by atoms with E-state index in [9.17, 15) is 14.9 Å². The van der Waals surface area contributed by atoms with Crippen LogP contribution in [0.5, 0.6) is 0 Å². The minimum absolute atomic E-state index is 0.106. The molecule has 1 aliphatic carbocycles. The summed E-state index contributed by atoms with van der Waals surface area (Å²) in [5.41, 5.74) is 0.128.